The molecular formula is C28H47NO3. The van der Waals surface area contributed by atoms with Gasteiger partial charge in [-0.1, -0.05) is 65.5 Å². The monoisotopic (exact) mass is 445 g/mol. The number of amides is 1. The first-order chi connectivity index (χ1) is 15.0. The quantitative estimate of drug-likeness (QED) is 0.305. The van der Waals surface area contributed by atoms with Gasteiger partial charge in [-0.3, -0.25) is 5.32 Å². The van der Waals surface area contributed by atoms with Gasteiger partial charge in [-0.15, -0.1) is 0 Å². The molecule has 0 aromatic heterocycles. The van der Waals surface area contributed by atoms with Crippen LogP contribution in [0, 0.1) is 46.3 Å². The highest BCUT2D eigenvalue weighted by Crippen LogP contribution is 2.67. The molecular weight excluding hydrogens is 398 g/mol. The van der Waals surface area contributed by atoms with E-state index in [0.717, 1.165) is 42.4 Å². The molecule has 0 aliphatic heterocycles. The summed E-state index contributed by atoms with van der Waals surface area (Å²) in [6, 6.07) is 0. The smallest absolute Gasteiger partial charge is 0.406 e. The Balaban J connectivity index is 1.49. The van der Waals surface area contributed by atoms with Crippen molar-refractivity contribution in [1.29, 1.82) is 0 Å². The van der Waals surface area contributed by atoms with Crippen LogP contribution in [0.5, 0.6) is 0 Å². The predicted octanol–water partition coefficient (Wildman–Crippen LogP) is 6.98. The fraction of sp³-hybridized carbons (Fsp3) is 0.893. The van der Waals surface area contributed by atoms with Crippen molar-refractivity contribution in [3.05, 3.63) is 11.6 Å². The van der Waals surface area contributed by atoms with E-state index in [1.807, 2.05) is 0 Å². The number of nitrogens with one attached hydrogen (secondary N) is 1. The summed E-state index contributed by atoms with van der Waals surface area (Å²) < 4.78 is 0. The molecule has 4 rings (SSSR count). The van der Waals surface area contributed by atoms with Crippen LogP contribution < -0.4 is 5.32 Å². The van der Waals surface area contributed by atoms with Gasteiger partial charge in [0.2, 0.25) is 0 Å². The lowest BCUT2D eigenvalue weighted by atomic mass is 9.46. The second kappa shape index (κ2) is 8.64. The Hall–Kier alpha value is -1.03. The Kier molecular flexibility index (Phi) is 6.51. The molecule has 32 heavy (non-hydrogen) atoms. The Morgan fingerprint density at radius 1 is 1.09 bits per heavy atom. The van der Waals surface area contributed by atoms with Gasteiger partial charge in [-0.25, -0.2) is 4.79 Å². The molecule has 0 aromatic carbocycles. The summed E-state index contributed by atoms with van der Waals surface area (Å²) in [5.74, 6) is 4.78. The summed E-state index contributed by atoms with van der Waals surface area (Å²) in [6.07, 6.45) is 13.8. The summed E-state index contributed by atoms with van der Waals surface area (Å²) in [7, 11) is 0. The van der Waals surface area contributed by atoms with Gasteiger partial charge in [0, 0.05) is 6.42 Å². The number of rotatable bonds is 6. The van der Waals surface area contributed by atoms with Gasteiger partial charge in [0.15, 0.2) is 0 Å². The van der Waals surface area contributed by atoms with Gasteiger partial charge in [-0.2, -0.15) is 0 Å². The van der Waals surface area contributed by atoms with Crippen LogP contribution in [-0.4, -0.2) is 22.0 Å². The molecule has 0 unspecified atom stereocenters. The van der Waals surface area contributed by atoms with Crippen molar-refractivity contribution in [2.45, 2.75) is 111 Å². The van der Waals surface area contributed by atoms with E-state index in [4.69, 9.17) is 5.11 Å². The Morgan fingerprint density at radius 3 is 2.53 bits per heavy atom. The molecule has 1 amide bonds. The normalized spacial score (nSPS) is 44.3. The first-order valence-electron chi connectivity index (χ1n) is 13.4. The van der Waals surface area contributed by atoms with Gasteiger partial charge in [0.25, 0.3) is 0 Å². The number of allylic oxidation sites excluding steroid dienone is 1. The van der Waals surface area contributed by atoms with E-state index in [0.29, 0.717) is 24.2 Å². The highest BCUT2D eigenvalue weighted by molar-refractivity contribution is 5.65. The number of hydrogen-bond donors (Lipinski definition) is 3. The summed E-state index contributed by atoms with van der Waals surface area (Å²) in [4.78, 5) is 11.2. The number of fused-ring (bicyclic) bond motifs is 5. The standard InChI is InChI=1S/C28H47NO3/c1-18(2)7-6-8-19(3)22-11-12-23-21-10-9-20-17-28(32,29-25(30)31)16-15-26(20,4)24(21)13-14-27(22,23)5/h9,18-19,21-24,29,32H,6-8,10-17H2,1-5H3,(H,30,31)/t19-,21+,22-,23+,24+,26+,27-,28-/m1/s1. The topological polar surface area (TPSA) is 69.6 Å². The molecule has 3 saturated carbocycles. The summed E-state index contributed by atoms with van der Waals surface area (Å²) in [5.41, 5.74) is 0.621. The van der Waals surface area contributed by atoms with Crippen molar-refractivity contribution in [2.75, 3.05) is 0 Å². The van der Waals surface area contributed by atoms with Crippen molar-refractivity contribution in [3.63, 3.8) is 0 Å². The first kappa shape index (κ1) is 24.1. The lowest BCUT2D eigenvalue weighted by Gasteiger charge is -2.59. The molecule has 3 N–H and O–H groups in total. The van der Waals surface area contributed by atoms with Crippen LogP contribution in [0.2, 0.25) is 0 Å². The van der Waals surface area contributed by atoms with Crippen LogP contribution in [0.3, 0.4) is 0 Å². The fourth-order valence-corrected chi connectivity index (χ4v) is 8.98. The minimum atomic E-state index is -1.29. The summed E-state index contributed by atoms with van der Waals surface area (Å²) in [6.45, 7) is 12.3. The molecule has 4 heteroatoms. The Labute approximate surface area is 195 Å². The van der Waals surface area contributed by atoms with Crippen molar-refractivity contribution >= 4 is 6.09 Å². The van der Waals surface area contributed by atoms with Crippen molar-refractivity contribution in [2.24, 2.45) is 46.3 Å². The van der Waals surface area contributed by atoms with Crippen LogP contribution in [0.4, 0.5) is 4.79 Å². The predicted molar refractivity (Wildman–Crippen MR) is 129 cm³/mol. The van der Waals surface area contributed by atoms with Crippen molar-refractivity contribution in [1.82, 2.24) is 5.32 Å². The number of carboxylic acid groups (broad SMARTS) is 1. The molecule has 0 heterocycles. The summed E-state index contributed by atoms with van der Waals surface area (Å²) in [5, 5.41) is 22.4. The zero-order valence-electron chi connectivity index (χ0n) is 21.1. The minimum absolute atomic E-state index is 0.123. The maximum absolute atomic E-state index is 11.2. The van der Waals surface area contributed by atoms with Gasteiger partial charge in [0.05, 0.1) is 0 Å². The fourth-order valence-electron chi connectivity index (χ4n) is 8.98. The van der Waals surface area contributed by atoms with Crippen LogP contribution in [0.1, 0.15) is 105 Å². The third-order valence-corrected chi connectivity index (χ3v) is 10.7. The average molecular weight is 446 g/mol. The largest absolute Gasteiger partial charge is 0.465 e. The molecule has 0 aromatic rings. The second-order valence-corrected chi connectivity index (χ2v) is 12.9. The van der Waals surface area contributed by atoms with Crippen LogP contribution >= 0.6 is 0 Å². The average Bonchev–Trinajstić information content (AvgIpc) is 3.05. The van der Waals surface area contributed by atoms with Crippen LogP contribution in [0.25, 0.3) is 0 Å². The van der Waals surface area contributed by atoms with E-state index in [2.05, 4.69) is 46.0 Å². The van der Waals surface area contributed by atoms with Gasteiger partial charge >= 0.3 is 6.09 Å². The number of aliphatic hydroxyl groups is 1. The molecule has 182 valence electrons. The van der Waals surface area contributed by atoms with Gasteiger partial charge in [0.1, 0.15) is 5.72 Å². The Morgan fingerprint density at radius 2 is 1.84 bits per heavy atom. The summed E-state index contributed by atoms with van der Waals surface area (Å²) >= 11 is 0. The lowest BCUT2D eigenvalue weighted by molar-refractivity contribution is -0.0817. The number of hydrogen-bond acceptors (Lipinski definition) is 2. The first-order valence-corrected chi connectivity index (χ1v) is 13.4. The lowest BCUT2D eigenvalue weighted by Crippen LogP contribution is -2.56. The zero-order valence-corrected chi connectivity index (χ0v) is 21.1. The van der Waals surface area contributed by atoms with E-state index in [1.165, 1.54) is 50.5 Å². The molecule has 4 nitrogen and oxygen atoms in total. The third kappa shape index (κ3) is 4.14. The maximum Gasteiger partial charge on any atom is 0.406 e. The number of carbonyl (C=O) groups is 1. The third-order valence-electron chi connectivity index (χ3n) is 10.7. The SMILES string of the molecule is CC(C)CCC[C@@H](C)[C@H]1CC[C@H]2[C@@H]3CC=C4C[C@@](O)(NC(=O)O)CC[C@]4(C)[C@H]3CC[C@]12C. The van der Waals surface area contributed by atoms with Crippen LogP contribution in [-0.2, 0) is 0 Å². The zero-order chi connectivity index (χ0) is 23.3. The highest BCUT2D eigenvalue weighted by atomic mass is 16.4. The van der Waals surface area contributed by atoms with E-state index >= 15 is 0 Å². The molecule has 0 radical (unpaired) electrons. The highest BCUT2D eigenvalue weighted by Gasteiger charge is 2.60. The van der Waals surface area contributed by atoms with E-state index in [9.17, 15) is 9.90 Å². The molecule has 4 aliphatic carbocycles. The molecule has 3 fully saturated rings. The van der Waals surface area contributed by atoms with E-state index in [1.54, 1.807) is 0 Å². The van der Waals surface area contributed by atoms with E-state index in [-0.39, 0.29) is 5.41 Å². The van der Waals surface area contributed by atoms with Gasteiger partial charge < -0.3 is 10.2 Å². The molecule has 0 bridgehead atoms. The van der Waals surface area contributed by atoms with Crippen molar-refractivity contribution in [3.8, 4) is 0 Å². The Bertz CT molecular complexity index is 747. The molecule has 0 saturated heterocycles. The van der Waals surface area contributed by atoms with Gasteiger partial charge in [-0.05, 0) is 91.3 Å². The van der Waals surface area contributed by atoms with Crippen LogP contribution in [0.15, 0.2) is 11.6 Å². The molecule has 4 aliphatic rings. The second-order valence-electron chi connectivity index (χ2n) is 12.9. The maximum atomic E-state index is 11.2. The minimum Gasteiger partial charge on any atom is -0.465 e. The molecule has 0 spiro atoms. The molecule has 8 atom stereocenters. The van der Waals surface area contributed by atoms with Crippen molar-refractivity contribution < 1.29 is 15.0 Å². The van der Waals surface area contributed by atoms with E-state index < -0.39 is 11.8 Å².